The maximum absolute atomic E-state index is 3.25. The maximum atomic E-state index is 3.25. The molecule has 0 saturated carbocycles. The quantitative estimate of drug-likeness (QED) is 0.553. The van der Waals surface area contributed by atoms with Crippen LogP contribution >= 0.6 is 0 Å². The van der Waals surface area contributed by atoms with Crippen molar-refractivity contribution in [2.75, 3.05) is 5.12 Å². The molecule has 0 amide bonds. The number of hydrogen-bond acceptors (Lipinski definition) is 3. The third kappa shape index (κ3) is 2.46. The van der Waals surface area contributed by atoms with E-state index in [0.29, 0.717) is 0 Å². The Labute approximate surface area is 116 Å². The second-order valence-electron chi connectivity index (χ2n) is 3.76. The molecule has 0 unspecified atom stereocenters. The average molecular weight is 305 g/mol. The highest BCUT2D eigenvalue weighted by Gasteiger charge is 2.22. The molecule has 1 aliphatic rings. The van der Waals surface area contributed by atoms with Gasteiger partial charge in [0.25, 0.3) is 0 Å². The smallest absolute Gasteiger partial charge is 0.324 e. The zero-order valence-electron chi connectivity index (χ0n) is 9.60. The Morgan fingerprint density at radius 1 is 0.833 bits per heavy atom. The van der Waals surface area contributed by atoms with E-state index in [4.69, 9.17) is 0 Å². The molecule has 3 N–H and O–H groups in total. The van der Waals surface area contributed by atoms with Crippen LogP contribution in [-0.4, -0.2) is 5.84 Å². The maximum Gasteiger partial charge on any atom is 0.324 e. The van der Waals surface area contributed by atoms with Gasteiger partial charge in [-0.05, 0) is 24.3 Å². The third-order valence-electron chi connectivity index (χ3n) is 2.59. The van der Waals surface area contributed by atoms with E-state index >= 15 is 0 Å². The summed E-state index contributed by atoms with van der Waals surface area (Å²) in [5.41, 5.74) is 8.46. The molecule has 0 fully saturated rings. The van der Waals surface area contributed by atoms with Crippen LogP contribution < -0.4 is 38.2 Å². The lowest BCUT2D eigenvalue weighted by Gasteiger charge is -2.10. The van der Waals surface area contributed by atoms with Crippen LogP contribution in [0, 0.1) is 0 Å². The molecule has 0 atom stereocenters. The Morgan fingerprint density at radius 2 is 1.44 bits per heavy atom. The van der Waals surface area contributed by atoms with Gasteiger partial charge in [0.05, 0.1) is 5.56 Å². The van der Waals surface area contributed by atoms with Gasteiger partial charge in [0.1, 0.15) is 5.69 Å². The lowest BCUT2D eigenvalue weighted by Crippen LogP contribution is -3.00. The summed E-state index contributed by atoms with van der Waals surface area (Å²) in [4.78, 5) is 0. The van der Waals surface area contributed by atoms with Gasteiger partial charge >= 0.3 is 5.84 Å². The molecule has 0 bridgehead atoms. The lowest BCUT2D eigenvalue weighted by molar-refractivity contribution is -0.517. The number of nitrogens with one attached hydrogen (secondary N) is 3. The molecule has 4 nitrogen and oxygen atoms in total. The monoisotopic (exact) mass is 304 g/mol. The number of benzene rings is 2. The average Bonchev–Trinajstić information content (AvgIpc) is 2.90. The van der Waals surface area contributed by atoms with E-state index in [1.807, 2.05) is 65.8 Å². The standard InChI is InChI=1S/C13H12N4.BrH/c1-3-7-11(8-4-1)13-14-16-17(15-13)12-9-5-2-6-10-12;/h1-10,16H,(H,14,15);1H. The Hall–Kier alpha value is -2.01. The van der Waals surface area contributed by atoms with Crippen LogP contribution in [0.5, 0.6) is 0 Å². The molecule has 0 spiro atoms. The minimum atomic E-state index is 0. The number of hydrogen-bond donors (Lipinski definition) is 3. The van der Waals surface area contributed by atoms with Crippen molar-refractivity contribution < 1.29 is 22.1 Å². The number of hydrazine groups is 3. The van der Waals surface area contributed by atoms with Crippen LogP contribution in [0.2, 0.25) is 0 Å². The van der Waals surface area contributed by atoms with Crippen LogP contribution in [0.3, 0.4) is 0 Å². The second kappa shape index (κ2) is 5.55. The molecule has 0 aliphatic carbocycles. The first kappa shape index (κ1) is 12.4. The molecule has 0 saturated heterocycles. The predicted octanol–water partition coefficient (Wildman–Crippen LogP) is -3.04. The van der Waals surface area contributed by atoms with E-state index in [0.717, 1.165) is 17.1 Å². The van der Waals surface area contributed by atoms with Gasteiger partial charge in [0.2, 0.25) is 0 Å². The van der Waals surface area contributed by atoms with E-state index in [9.17, 15) is 0 Å². The zero-order chi connectivity index (χ0) is 11.5. The molecule has 92 valence electrons. The molecule has 5 heteroatoms. The van der Waals surface area contributed by atoms with E-state index in [1.165, 1.54) is 0 Å². The molecule has 2 aromatic carbocycles. The fraction of sp³-hybridized carbons (Fsp3) is 0. The van der Waals surface area contributed by atoms with E-state index in [1.54, 1.807) is 0 Å². The normalized spacial score (nSPS) is 13.1. The highest BCUT2D eigenvalue weighted by Crippen LogP contribution is 2.09. The van der Waals surface area contributed by atoms with Gasteiger partial charge in [-0.25, -0.2) is 0 Å². The van der Waals surface area contributed by atoms with Crippen molar-refractivity contribution in [3.8, 4) is 0 Å². The number of para-hydroxylation sites is 1. The fourth-order valence-corrected chi connectivity index (χ4v) is 1.73. The fourth-order valence-electron chi connectivity index (χ4n) is 1.73. The number of hydrazone groups is 1. The summed E-state index contributed by atoms with van der Waals surface area (Å²) in [6, 6.07) is 20.2. The van der Waals surface area contributed by atoms with Gasteiger partial charge in [-0.15, -0.1) is 11.0 Å². The van der Waals surface area contributed by atoms with Gasteiger partial charge in [0.15, 0.2) is 0 Å². The number of anilines is 1. The minimum absolute atomic E-state index is 0. The molecule has 2 aromatic rings. The lowest BCUT2D eigenvalue weighted by atomic mass is 10.2. The molecular formula is C13H13BrN4. The van der Waals surface area contributed by atoms with E-state index in [-0.39, 0.29) is 17.0 Å². The van der Waals surface area contributed by atoms with Gasteiger partial charge in [-0.3, -0.25) is 0 Å². The summed E-state index contributed by atoms with van der Waals surface area (Å²) in [6.45, 7) is 0. The van der Waals surface area contributed by atoms with Gasteiger partial charge in [-0.2, -0.15) is 5.10 Å². The van der Waals surface area contributed by atoms with Gasteiger partial charge < -0.3 is 17.0 Å². The van der Waals surface area contributed by atoms with Crippen LogP contribution in [0.25, 0.3) is 0 Å². The number of nitrogens with zero attached hydrogens (tertiary/aromatic N) is 1. The summed E-state index contributed by atoms with van der Waals surface area (Å²) in [7, 11) is 0. The van der Waals surface area contributed by atoms with E-state index in [2.05, 4.69) is 16.1 Å². The molecule has 0 aromatic heterocycles. The first-order valence-corrected chi connectivity index (χ1v) is 5.49. The molecule has 18 heavy (non-hydrogen) atoms. The summed E-state index contributed by atoms with van der Waals surface area (Å²) in [5.74, 6) is 0.939. The highest BCUT2D eigenvalue weighted by molar-refractivity contribution is 5.95. The summed E-state index contributed by atoms with van der Waals surface area (Å²) in [6.07, 6.45) is 0. The highest BCUT2D eigenvalue weighted by atomic mass is 79.9. The van der Waals surface area contributed by atoms with Crippen molar-refractivity contribution >= 4 is 11.5 Å². The van der Waals surface area contributed by atoms with Crippen molar-refractivity contribution in [2.24, 2.45) is 0 Å². The third-order valence-corrected chi connectivity index (χ3v) is 2.59. The number of rotatable bonds is 2. The zero-order valence-corrected chi connectivity index (χ0v) is 11.2. The van der Waals surface area contributed by atoms with Crippen molar-refractivity contribution in [2.45, 2.75) is 0 Å². The Balaban J connectivity index is 0.00000120. The first-order chi connectivity index (χ1) is 8.43. The number of amidine groups is 1. The molecule has 1 heterocycles. The topological polar surface area (TPSA) is 41.3 Å². The van der Waals surface area contributed by atoms with Crippen molar-refractivity contribution in [1.29, 1.82) is 0 Å². The van der Waals surface area contributed by atoms with Crippen molar-refractivity contribution in [1.82, 2.24) is 11.0 Å². The molecule has 1 aliphatic heterocycles. The Bertz CT molecular complexity index is 527. The van der Waals surface area contributed by atoms with Crippen LogP contribution in [0.4, 0.5) is 5.69 Å². The summed E-state index contributed by atoms with van der Waals surface area (Å²) >= 11 is 0. The van der Waals surface area contributed by atoms with Crippen molar-refractivity contribution in [3.05, 3.63) is 66.2 Å². The summed E-state index contributed by atoms with van der Waals surface area (Å²) < 4.78 is 0. The van der Waals surface area contributed by atoms with Crippen LogP contribution in [0.15, 0.2) is 60.7 Å². The summed E-state index contributed by atoms with van der Waals surface area (Å²) in [5, 5.41) is 4.94. The predicted molar refractivity (Wildman–Crippen MR) is 66.7 cm³/mol. The Morgan fingerprint density at radius 3 is 2.11 bits per heavy atom. The van der Waals surface area contributed by atoms with E-state index < -0.39 is 0 Å². The second-order valence-corrected chi connectivity index (χ2v) is 3.76. The van der Waals surface area contributed by atoms with Crippen LogP contribution in [-0.2, 0) is 0 Å². The molecular weight excluding hydrogens is 292 g/mol. The Kier molecular flexibility index (Phi) is 3.84. The molecule has 3 rings (SSSR count). The SMILES string of the molecule is [Br-].c1ccc(C2=[NH+]NN(c3ccccc3)N2)cc1. The largest absolute Gasteiger partial charge is 1.00 e. The van der Waals surface area contributed by atoms with Crippen LogP contribution in [0.1, 0.15) is 5.56 Å². The first-order valence-electron chi connectivity index (χ1n) is 5.49. The minimum Gasteiger partial charge on any atom is -1.00 e. The van der Waals surface area contributed by atoms with Gasteiger partial charge in [-0.1, -0.05) is 41.5 Å². The number of halogens is 1. The van der Waals surface area contributed by atoms with Gasteiger partial charge in [0, 0.05) is 0 Å². The van der Waals surface area contributed by atoms with Crippen molar-refractivity contribution in [3.63, 3.8) is 0 Å². The molecule has 0 radical (unpaired) electrons.